The molecule has 0 amide bonds. The van der Waals surface area contributed by atoms with Crippen molar-refractivity contribution in [2.75, 3.05) is 0 Å². The smallest absolute Gasteiger partial charge is 0.870 e. The fourth-order valence-corrected chi connectivity index (χ4v) is 0. The number of rotatable bonds is 0. The van der Waals surface area contributed by atoms with Gasteiger partial charge in [-0.15, -0.1) is 0 Å². The summed E-state index contributed by atoms with van der Waals surface area (Å²) in [5, 5.41) is 16.7. The van der Waals surface area contributed by atoms with Crippen molar-refractivity contribution in [1.82, 2.24) is 0 Å². The van der Waals surface area contributed by atoms with Crippen LogP contribution >= 0.6 is 0 Å². The fraction of sp³-hybridized carbons (Fsp3) is 0. The maximum absolute atomic E-state index is 8.33. The number of carboxylic acid groups (broad SMARTS) is 2. The maximum atomic E-state index is 8.33. The number of carbonyl (C=O) groups excluding carboxylic acids is 1. The average molecular weight is 163 g/mol. The summed E-state index contributed by atoms with van der Waals surface area (Å²) < 4.78 is 0. The topological polar surface area (TPSA) is 93.2 Å². The van der Waals surface area contributed by atoms with Gasteiger partial charge in [0.2, 0.25) is 0 Å². The Morgan fingerprint density at radius 1 is 1.29 bits per heavy atom. The third-order valence-corrected chi connectivity index (χ3v) is 0. The molecule has 0 aliphatic carbocycles. The van der Waals surface area contributed by atoms with E-state index >= 15 is 0 Å². The summed E-state index contributed by atoms with van der Waals surface area (Å²) in [5.41, 5.74) is 0. The molecular formula is CHAlNiO4. The molecule has 0 aromatic rings. The normalized spacial score (nSPS) is 3.43. The van der Waals surface area contributed by atoms with Crippen LogP contribution in [0.4, 0.5) is 4.79 Å². The molecule has 0 saturated heterocycles. The third kappa shape index (κ3) is 1730. The molecule has 42 valence electrons. The molecule has 0 spiro atoms. The standard InChI is InChI=1S/CH2O3.Al.Ni.H2O/c2-1(3)4;;;/h(H2,2,3,4);;;1H2/q;+3;;/p-3. The van der Waals surface area contributed by atoms with Gasteiger partial charge in [0, 0.05) is 16.5 Å². The molecular weight excluding hydrogens is 162 g/mol. The Hall–Kier alpha value is 0.256. The molecule has 1 N–H and O–H groups in total. The van der Waals surface area contributed by atoms with Gasteiger partial charge < -0.3 is 20.5 Å². The molecule has 0 aliphatic heterocycles. The van der Waals surface area contributed by atoms with Crippen LogP contribution in [0.15, 0.2) is 0 Å². The van der Waals surface area contributed by atoms with Gasteiger partial charge in [0.25, 0.3) is 0 Å². The molecule has 0 atom stereocenters. The van der Waals surface area contributed by atoms with Crippen LogP contribution in [0.3, 0.4) is 0 Å². The molecule has 0 aromatic heterocycles. The van der Waals surface area contributed by atoms with E-state index in [9.17, 15) is 0 Å². The molecule has 0 heterocycles. The SMILES string of the molecule is O=C([O-])[O-].[Al+3].[Ni].[OH-]. The number of hydrogen-bond acceptors (Lipinski definition) is 4. The van der Waals surface area contributed by atoms with Gasteiger partial charge in [-0.2, -0.15) is 0 Å². The minimum atomic E-state index is -2.33. The Labute approximate surface area is 60.9 Å². The third-order valence-electron chi connectivity index (χ3n) is 0. The predicted octanol–water partition coefficient (Wildman–Crippen LogP) is -3.01. The minimum absolute atomic E-state index is 0. The van der Waals surface area contributed by atoms with E-state index in [0.29, 0.717) is 0 Å². The Kier molecular flexibility index (Phi) is 62.4. The van der Waals surface area contributed by atoms with Crippen LogP contribution in [-0.4, -0.2) is 29.0 Å². The Balaban J connectivity index is -0.0000000150. The van der Waals surface area contributed by atoms with Crippen LogP contribution in [0.1, 0.15) is 0 Å². The molecule has 0 aliphatic rings. The van der Waals surface area contributed by atoms with Crippen molar-refractivity contribution in [1.29, 1.82) is 0 Å². The van der Waals surface area contributed by atoms with Crippen LogP contribution < -0.4 is 10.2 Å². The van der Waals surface area contributed by atoms with Gasteiger partial charge in [-0.1, -0.05) is 0 Å². The van der Waals surface area contributed by atoms with Crippen LogP contribution in [0.2, 0.25) is 0 Å². The van der Waals surface area contributed by atoms with Crippen molar-refractivity contribution in [2.45, 2.75) is 0 Å². The molecule has 4 nitrogen and oxygen atoms in total. The molecule has 6 heteroatoms. The van der Waals surface area contributed by atoms with Crippen LogP contribution in [0.5, 0.6) is 0 Å². The van der Waals surface area contributed by atoms with Crippen molar-refractivity contribution in [3.05, 3.63) is 0 Å². The van der Waals surface area contributed by atoms with E-state index in [2.05, 4.69) is 0 Å². The monoisotopic (exact) mass is 162 g/mol. The van der Waals surface area contributed by atoms with Gasteiger partial charge in [0.05, 0.1) is 0 Å². The van der Waals surface area contributed by atoms with Gasteiger partial charge in [0.1, 0.15) is 0 Å². The molecule has 0 bridgehead atoms. The average Bonchev–Trinajstić information content (AvgIpc) is 0.811. The largest absolute Gasteiger partial charge is 3.00 e. The Morgan fingerprint density at radius 3 is 1.29 bits per heavy atom. The van der Waals surface area contributed by atoms with E-state index in [1.807, 2.05) is 0 Å². The van der Waals surface area contributed by atoms with E-state index in [-0.39, 0.29) is 39.3 Å². The summed E-state index contributed by atoms with van der Waals surface area (Å²) in [5.74, 6) is 0. The summed E-state index contributed by atoms with van der Waals surface area (Å²) >= 11 is 0. The summed E-state index contributed by atoms with van der Waals surface area (Å²) in [6, 6.07) is 0. The van der Waals surface area contributed by atoms with Crippen molar-refractivity contribution in [2.24, 2.45) is 0 Å². The van der Waals surface area contributed by atoms with Gasteiger partial charge in [-0.25, -0.2) is 0 Å². The van der Waals surface area contributed by atoms with Crippen molar-refractivity contribution < 1.29 is 37.0 Å². The van der Waals surface area contributed by atoms with E-state index in [4.69, 9.17) is 15.0 Å². The molecule has 0 rings (SSSR count). The van der Waals surface area contributed by atoms with Crippen molar-refractivity contribution in [3.8, 4) is 0 Å². The Morgan fingerprint density at radius 2 is 1.29 bits per heavy atom. The maximum Gasteiger partial charge on any atom is 3.00 e. The first-order chi connectivity index (χ1) is 1.73. The van der Waals surface area contributed by atoms with E-state index in [1.54, 1.807) is 0 Å². The zero-order chi connectivity index (χ0) is 3.58. The van der Waals surface area contributed by atoms with E-state index in [1.165, 1.54) is 0 Å². The van der Waals surface area contributed by atoms with Crippen LogP contribution in [0.25, 0.3) is 0 Å². The summed E-state index contributed by atoms with van der Waals surface area (Å²) in [6.07, 6.45) is -2.33. The first-order valence-electron chi connectivity index (χ1n) is 0.612. The zero-order valence-electron chi connectivity index (χ0n) is 3.07. The minimum Gasteiger partial charge on any atom is -0.870 e. The first kappa shape index (κ1) is 26.8. The van der Waals surface area contributed by atoms with Crippen LogP contribution in [0, 0.1) is 0 Å². The van der Waals surface area contributed by atoms with Gasteiger partial charge >= 0.3 is 17.4 Å². The second-order valence-corrected chi connectivity index (χ2v) is 0.250. The fourth-order valence-electron chi connectivity index (χ4n) is 0. The number of carbonyl (C=O) groups is 1. The molecule has 0 radical (unpaired) electrons. The first-order valence-corrected chi connectivity index (χ1v) is 0.612. The van der Waals surface area contributed by atoms with Gasteiger partial charge in [-0.05, 0) is 6.16 Å². The van der Waals surface area contributed by atoms with Gasteiger partial charge in [0.15, 0.2) is 0 Å². The van der Waals surface area contributed by atoms with Crippen molar-refractivity contribution >= 4 is 23.5 Å². The molecule has 0 saturated carbocycles. The summed E-state index contributed by atoms with van der Waals surface area (Å²) in [4.78, 5) is 8.33. The van der Waals surface area contributed by atoms with E-state index in [0.717, 1.165) is 0 Å². The second kappa shape index (κ2) is 16.3. The van der Waals surface area contributed by atoms with Crippen LogP contribution in [-0.2, 0) is 16.5 Å². The van der Waals surface area contributed by atoms with Crippen molar-refractivity contribution in [3.63, 3.8) is 0 Å². The quantitative estimate of drug-likeness (QED) is 0.355. The molecule has 0 unspecified atom stereocenters. The number of hydrogen-bond donors (Lipinski definition) is 0. The van der Waals surface area contributed by atoms with E-state index < -0.39 is 6.16 Å². The van der Waals surface area contributed by atoms with Gasteiger partial charge in [-0.3, -0.25) is 0 Å². The molecule has 0 aromatic carbocycles. The molecule has 7 heavy (non-hydrogen) atoms. The second-order valence-electron chi connectivity index (χ2n) is 0.250. The molecule has 0 fully saturated rings. The zero-order valence-corrected chi connectivity index (χ0v) is 5.21. The summed E-state index contributed by atoms with van der Waals surface area (Å²) in [7, 11) is 0. The summed E-state index contributed by atoms with van der Waals surface area (Å²) in [6.45, 7) is 0. The Bertz CT molecular complexity index is 34.7. The predicted molar refractivity (Wildman–Crippen MR) is 13.1 cm³/mol.